The summed E-state index contributed by atoms with van der Waals surface area (Å²) in [5.41, 5.74) is -0.874. The van der Waals surface area contributed by atoms with Gasteiger partial charge in [0.1, 0.15) is 0 Å². The fourth-order valence-corrected chi connectivity index (χ4v) is 4.69. The molecule has 0 bridgehead atoms. The Kier molecular flexibility index (Phi) is 6.36. The monoisotopic (exact) mass is 438 g/mol. The molecule has 1 aromatic carbocycles. The Morgan fingerprint density at radius 1 is 1.20 bits per heavy atom. The number of aliphatic carboxylic acids is 1. The summed E-state index contributed by atoms with van der Waals surface area (Å²) < 4.78 is 30.8. The first-order valence-corrected chi connectivity index (χ1v) is 10.7. The number of hydrogen-bond acceptors (Lipinski definition) is 7. The zero-order valence-electron chi connectivity index (χ0n) is 17.1. The van der Waals surface area contributed by atoms with Crippen LogP contribution >= 0.6 is 0 Å². The molecule has 1 atom stereocenters. The van der Waals surface area contributed by atoms with E-state index in [9.17, 15) is 33.2 Å². The molecule has 10 nitrogen and oxygen atoms in total. The number of nitrogens with zero attached hydrogens (tertiary/aromatic N) is 2. The smallest absolute Gasteiger partial charge is 0.337 e. The molecule has 30 heavy (non-hydrogen) atoms. The van der Waals surface area contributed by atoms with Gasteiger partial charge in [-0.15, -0.1) is 0 Å². The fraction of sp³-hybridized carbons (Fsp3) is 0.368. The Hall–Kier alpha value is -3.21. The number of carbonyl (C=O) groups excluding carboxylic acids is 1. The molecule has 1 aliphatic heterocycles. The second-order valence-electron chi connectivity index (χ2n) is 7.07. The molecule has 1 aliphatic rings. The molecular formula is C19H22N2O8S. The highest BCUT2D eigenvalue weighted by atomic mass is 32.2. The first kappa shape index (κ1) is 23.1. The van der Waals surface area contributed by atoms with Gasteiger partial charge in [0.05, 0.1) is 34.3 Å². The molecule has 1 heterocycles. The van der Waals surface area contributed by atoms with Gasteiger partial charge in [-0.25, -0.2) is 22.3 Å². The second-order valence-corrected chi connectivity index (χ2v) is 8.90. The van der Waals surface area contributed by atoms with Crippen molar-refractivity contribution in [3.05, 3.63) is 62.5 Å². The molecule has 1 unspecified atom stereocenters. The van der Waals surface area contributed by atoms with Gasteiger partial charge >= 0.3 is 11.9 Å². The van der Waals surface area contributed by atoms with Gasteiger partial charge in [0.25, 0.3) is 5.69 Å². The lowest BCUT2D eigenvalue weighted by molar-refractivity contribution is -0.384. The number of carbonyl (C=O) groups is 2. The van der Waals surface area contributed by atoms with E-state index < -0.39 is 38.9 Å². The molecule has 0 aliphatic carbocycles. The fourth-order valence-electron chi connectivity index (χ4n) is 3.50. The second kappa shape index (κ2) is 8.27. The van der Waals surface area contributed by atoms with Crippen LogP contribution in [0.2, 0.25) is 0 Å². The number of nitro groups is 1. The molecule has 162 valence electrons. The molecular weight excluding hydrogens is 416 g/mol. The zero-order valence-corrected chi connectivity index (χ0v) is 17.9. The van der Waals surface area contributed by atoms with Gasteiger partial charge in [-0.05, 0) is 33.3 Å². The molecule has 0 radical (unpaired) electrons. The predicted molar refractivity (Wildman–Crippen MR) is 107 cm³/mol. The van der Waals surface area contributed by atoms with Crippen molar-refractivity contribution < 1.29 is 32.8 Å². The van der Waals surface area contributed by atoms with Crippen molar-refractivity contribution in [3.63, 3.8) is 0 Å². The van der Waals surface area contributed by atoms with Crippen molar-refractivity contribution in [1.29, 1.82) is 0 Å². The molecule has 0 saturated carbocycles. The number of hydrogen-bond donors (Lipinski definition) is 1. The minimum Gasteiger partial charge on any atom is -0.478 e. The number of sulfonamides is 1. The predicted octanol–water partition coefficient (Wildman–Crippen LogP) is 2.54. The first-order chi connectivity index (χ1) is 13.8. The molecule has 0 fully saturated rings. The Bertz CT molecular complexity index is 1090. The third-order valence-electron chi connectivity index (χ3n) is 4.51. The zero-order chi connectivity index (χ0) is 23.0. The number of carboxylic acid groups (broad SMARTS) is 1. The van der Waals surface area contributed by atoms with Crippen molar-refractivity contribution in [3.8, 4) is 0 Å². The summed E-state index contributed by atoms with van der Waals surface area (Å²) in [4.78, 5) is 35.6. The lowest BCUT2D eigenvalue weighted by atomic mass is 9.80. The standard InChI is InChI=1S/C19H22N2O8S/c1-10(2)29-19(24)16-12(4)20(30(5,27)28)11(3)15(18(22)23)17(16)13-7-6-8-14(9-13)21(25)26/h6-10,17H,1-5H3,(H,22,23). The van der Waals surface area contributed by atoms with Crippen molar-refractivity contribution in [2.24, 2.45) is 0 Å². The number of non-ortho nitro benzene ring substituents is 1. The van der Waals surface area contributed by atoms with E-state index in [4.69, 9.17) is 4.74 Å². The van der Waals surface area contributed by atoms with Crippen LogP contribution in [0.5, 0.6) is 0 Å². The lowest BCUT2D eigenvalue weighted by Gasteiger charge is -2.36. The highest BCUT2D eigenvalue weighted by Gasteiger charge is 2.42. The molecule has 0 amide bonds. The summed E-state index contributed by atoms with van der Waals surface area (Å²) in [6, 6.07) is 5.20. The summed E-state index contributed by atoms with van der Waals surface area (Å²) in [6.07, 6.45) is 0.328. The minimum atomic E-state index is -3.97. The summed E-state index contributed by atoms with van der Waals surface area (Å²) in [6.45, 7) is 5.85. The molecule has 0 aromatic heterocycles. The Labute approximate surface area is 173 Å². The van der Waals surface area contributed by atoms with E-state index in [1.807, 2.05) is 0 Å². The molecule has 2 rings (SSSR count). The van der Waals surface area contributed by atoms with Crippen molar-refractivity contribution in [2.75, 3.05) is 6.26 Å². The lowest BCUT2D eigenvalue weighted by Crippen LogP contribution is -2.38. The number of esters is 1. The SMILES string of the molecule is CC1=C(C(=O)O)C(c2cccc([N+](=O)[O-])c2)C(C(=O)OC(C)C)=C(C)N1S(C)(=O)=O. The maximum Gasteiger partial charge on any atom is 0.337 e. The van der Waals surface area contributed by atoms with Crippen molar-refractivity contribution in [2.45, 2.75) is 39.7 Å². The Morgan fingerprint density at radius 2 is 1.77 bits per heavy atom. The van der Waals surface area contributed by atoms with Crippen LogP contribution in [0.4, 0.5) is 5.69 Å². The van der Waals surface area contributed by atoms with E-state index in [0.29, 0.717) is 0 Å². The number of benzene rings is 1. The summed E-state index contributed by atoms with van der Waals surface area (Å²) in [5, 5.41) is 21.1. The van der Waals surface area contributed by atoms with E-state index in [1.54, 1.807) is 13.8 Å². The van der Waals surface area contributed by atoms with Gasteiger partial charge in [0, 0.05) is 23.5 Å². The molecule has 1 N–H and O–H groups in total. The van der Waals surface area contributed by atoms with E-state index in [-0.39, 0.29) is 33.8 Å². The normalized spacial score (nSPS) is 17.4. The average Bonchev–Trinajstić information content (AvgIpc) is 2.58. The molecule has 11 heteroatoms. The minimum absolute atomic E-state index is 0.0258. The highest BCUT2D eigenvalue weighted by Crippen LogP contribution is 2.44. The van der Waals surface area contributed by atoms with E-state index in [1.165, 1.54) is 32.0 Å². The summed E-state index contributed by atoms with van der Waals surface area (Å²) in [5.74, 6) is -3.62. The van der Waals surface area contributed by atoms with Crippen LogP contribution < -0.4 is 0 Å². The van der Waals surface area contributed by atoms with Gasteiger partial charge in [-0.2, -0.15) is 0 Å². The number of ether oxygens (including phenoxy) is 1. The van der Waals surface area contributed by atoms with Gasteiger partial charge in [0.15, 0.2) is 0 Å². The largest absolute Gasteiger partial charge is 0.478 e. The summed E-state index contributed by atoms with van der Waals surface area (Å²) >= 11 is 0. The maximum atomic E-state index is 12.9. The van der Waals surface area contributed by atoms with Crippen LogP contribution in [0.3, 0.4) is 0 Å². The Morgan fingerprint density at radius 3 is 2.23 bits per heavy atom. The van der Waals surface area contributed by atoms with Crippen molar-refractivity contribution in [1.82, 2.24) is 4.31 Å². The van der Waals surface area contributed by atoms with Gasteiger partial charge in [-0.3, -0.25) is 10.1 Å². The van der Waals surface area contributed by atoms with Gasteiger partial charge in [-0.1, -0.05) is 12.1 Å². The number of allylic oxidation sites excluding steroid dienone is 2. The topological polar surface area (TPSA) is 144 Å². The van der Waals surface area contributed by atoms with Crippen molar-refractivity contribution >= 4 is 27.6 Å². The molecule has 0 saturated heterocycles. The average molecular weight is 438 g/mol. The van der Waals surface area contributed by atoms with Crippen LogP contribution in [-0.2, 0) is 24.3 Å². The van der Waals surface area contributed by atoms with Crippen LogP contribution in [0.15, 0.2) is 46.8 Å². The number of nitro benzene ring substituents is 1. The number of carboxylic acids is 1. The van der Waals surface area contributed by atoms with Crippen LogP contribution in [0.25, 0.3) is 0 Å². The molecule has 1 aromatic rings. The van der Waals surface area contributed by atoms with Gasteiger partial charge in [0.2, 0.25) is 10.0 Å². The quantitative estimate of drug-likeness (QED) is 0.405. The third kappa shape index (κ3) is 4.35. The molecule has 0 spiro atoms. The maximum absolute atomic E-state index is 12.9. The summed E-state index contributed by atoms with van der Waals surface area (Å²) in [7, 11) is -3.97. The van der Waals surface area contributed by atoms with Crippen LogP contribution in [0, 0.1) is 10.1 Å². The van der Waals surface area contributed by atoms with Crippen LogP contribution in [-0.4, -0.2) is 47.1 Å². The van der Waals surface area contributed by atoms with E-state index in [0.717, 1.165) is 16.6 Å². The van der Waals surface area contributed by atoms with Gasteiger partial charge < -0.3 is 9.84 Å². The Balaban J connectivity index is 2.90. The third-order valence-corrected chi connectivity index (χ3v) is 5.72. The van der Waals surface area contributed by atoms with Crippen LogP contribution in [0.1, 0.15) is 39.2 Å². The van der Waals surface area contributed by atoms with E-state index in [2.05, 4.69) is 0 Å². The first-order valence-electron chi connectivity index (χ1n) is 8.87. The van der Waals surface area contributed by atoms with E-state index >= 15 is 0 Å². The number of rotatable bonds is 6. The highest BCUT2D eigenvalue weighted by molar-refractivity contribution is 7.88.